The van der Waals surface area contributed by atoms with Gasteiger partial charge in [0, 0.05) is 25.7 Å². The van der Waals surface area contributed by atoms with Crippen molar-refractivity contribution in [3.05, 3.63) is 24.3 Å². The lowest BCUT2D eigenvalue weighted by atomic mass is 10.1. The number of ether oxygens (including phenoxy) is 1. The number of nitrogens with zero attached hydrogens (tertiary/aromatic N) is 1. The molecule has 1 atom stereocenters. The number of carbonyl (C=O) groups excluding carboxylic acids is 2. The minimum Gasteiger partial charge on any atom is -0.495 e. The molecule has 3 rings (SSSR count). The maximum absolute atomic E-state index is 11.8. The Morgan fingerprint density at radius 2 is 2.00 bits per heavy atom. The molecule has 1 aliphatic heterocycles. The number of rotatable bonds is 5. The zero-order valence-electron chi connectivity index (χ0n) is 13.4. The minimum atomic E-state index is -0.521. The number of para-hydroxylation sites is 2. The van der Waals surface area contributed by atoms with E-state index in [0.717, 1.165) is 43.8 Å². The summed E-state index contributed by atoms with van der Waals surface area (Å²) in [6.45, 7) is 2.31. The lowest BCUT2D eigenvalue weighted by Gasteiger charge is -2.21. The Bertz CT molecular complexity index is 586. The molecule has 2 amide bonds. The second kappa shape index (κ2) is 6.89. The van der Waals surface area contributed by atoms with Gasteiger partial charge in [-0.2, -0.15) is 0 Å². The number of carbonyl (C=O) groups is 2. The lowest BCUT2D eigenvalue weighted by molar-refractivity contribution is -0.139. The summed E-state index contributed by atoms with van der Waals surface area (Å²) < 4.78 is 5.40. The van der Waals surface area contributed by atoms with Gasteiger partial charge in [0.25, 0.3) is 0 Å². The van der Waals surface area contributed by atoms with Crippen LogP contribution in [0.3, 0.4) is 0 Å². The summed E-state index contributed by atoms with van der Waals surface area (Å²) in [7, 11) is 1.67. The van der Waals surface area contributed by atoms with Crippen molar-refractivity contribution < 1.29 is 14.3 Å². The molecule has 0 radical (unpaired) electrons. The summed E-state index contributed by atoms with van der Waals surface area (Å²) >= 11 is 0. The maximum atomic E-state index is 11.8. The van der Waals surface area contributed by atoms with E-state index in [1.54, 1.807) is 7.11 Å². The predicted octanol–water partition coefficient (Wildman–Crippen LogP) is 0.916. The number of hydrogen-bond donors (Lipinski definition) is 2. The van der Waals surface area contributed by atoms with Crippen molar-refractivity contribution in [2.45, 2.75) is 25.3 Å². The van der Waals surface area contributed by atoms with Gasteiger partial charge >= 0.3 is 11.8 Å². The molecule has 0 aromatic heterocycles. The molecule has 124 valence electrons. The number of methoxy groups -OCH3 is 1. The Labute approximate surface area is 136 Å². The molecule has 1 unspecified atom stereocenters. The summed E-state index contributed by atoms with van der Waals surface area (Å²) in [5.41, 5.74) is 1.08. The fourth-order valence-corrected chi connectivity index (χ4v) is 2.91. The molecule has 2 fully saturated rings. The molecule has 0 spiro atoms. The second-order valence-corrected chi connectivity index (χ2v) is 6.23. The first-order valence-corrected chi connectivity index (χ1v) is 8.14. The third-order valence-corrected chi connectivity index (χ3v) is 4.38. The van der Waals surface area contributed by atoms with Gasteiger partial charge in [0.05, 0.1) is 12.8 Å². The van der Waals surface area contributed by atoms with E-state index in [4.69, 9.17) is 4.74 Å². The van der Waals surface area contributed by atoms with Gasteiger partial charge in [0.2, 0.25) is 0 Å². The Morgan fingerprint density at radius 3 is 2.74 bits per heavy atom. The van der Waals surface area contributed by atoms with Gasteiger partial charge in [0.15, 0.2) is 0 Å². The summed E-state index contributed by atoms with van der Waals surface area (Å²) in [6, 6.07) is 8.15. The van der Waals surface area contributed by atoms with Crippen molar-refractivity contribution in [1.82, 2.24) is 10.6 Å². The van der Waals surface area contributed by atoms with Gasteiger partial charge in [-0.05, 0) is 37.3 Å². The van der Waals surface area contributed by atoms with Crippen molar-refractivity contribution in [3.8, 4) is 5.75 Å². The van der Waals surface area contributed by atoms with Crippen LogP contribution in [0.2, 0.25) is 0 Å². The van der Waals surface area contributed by atoms with Crippen molar-refractivity contribution in [2.75, 3.05) is 31.6 Å². The van der Waals surface area contributed by atoms with Gasteiger partial charge in [-0.3, -0.25) is 9.59 Å². The van der Waals surface area contributed by atoms with Gasteiger partial charge < -0.3 is 20.3 Å². The van der Waals surface area contributed by atoms with Crippen molar-refractivity contribution in [1.29, 1.82) is 0 Å². The van der Waals surface area contributed by atoms with Crippen LogP contribution in [0.4, 0.5) is 5.69 Å². The molecule has 6 heteroatoms. The fourth-order valence-electron chi connectivity index (χ4n) is 2.91. The van der Waals surface area contributed by atoms with E-state index in [1.807, 2.05) is 24.3 Å². The molecule has 23 heavy (non-hydrogen) atoms. The highest BCUT2D eigenvalue weighted by molar-refractivity contribution is 6.35. The van der Waals surface area contributed by atoms with E-state index in [-0.39, 0.29) is 6.04 Å². The second-order valence-electron chi connectivity index (χ2n) is 6.23. The van der Waals surface area contributed by atoms with E-state index in [9.17, 15) is 9.59 Å². The third kappa shape index (κ3) is 3.94. The molecule has 1 aromatic rings. The van der Waals surface area contributed by atoms with Crippen molar-refractivity contribution in [3.63, 3.8) is 0 Å². The molecule has 2 aliphatic rings. The molecular formula is C17H23N3O3. The molecule has 1 saturated heterocycles. The predicted molar refractivity (Wildman–Crippen MR) is 87.5 cm³/mol. The van der Waals surface area contributed by atoms with E-state index in [0.29, 0.717) is 12.5 Å². The summed E-state index contributed by atoms with van der Waals surface area (Å²) in [4.78, 5) is 25.6. The van der Waals surface area contributed by atoms with Crippen molar-refractivity contribution in [2.24, 2.45) is 5.92 Å². The molecule has 1 heterocycles. The molecular weight excluding hydrogens is 294 g/mol. The first-order valence-electron chi connectivity index (χ1n) is 8.14. The van der Waals surface area contributed by atoms with Gasteiger partial charge in [-0.25, -0.2) is 0 Å². The average molecular weight is 317 g/mol. The molecule has 1 saturated carbocycles. The average Bonchev–Trinajstić information content (AvgIpc) is 3.26. The van der Waals surface area contributed by atoms with Crippen LogP contribution in [-0.4, -0.2) is 44.6 Å². The topological polar surface area (TPSA) is 70.7 Å². The van der Waals surface area contributed by atoms with Crippen LogP contribution in [0.15, 0.2) is 24.3 Å². The van der Waals surface area contributed by atoms with E-state index in [1.165, 1.54) is 0 Å². The van der Waals surface area contributed by atoms with Crippen molar-refractivity contribution >= 4 is 17.5 Å². The minimum absolute atomic E-state index is 0.209. The van der Waals surface area contributed by atoms with Crippen LogP contribution in [0.5, 0.6) is 5.75 Å². The first-order chi connectivity index (χ1) is 11.2. The quantitative estimate of drug-likeness (QED) is 0.792. The Morgan fingerprint density at radius 1 is 1.22 bits per heavy atom. The van der Waals surface area contributed by atoms with Gasteiger partial charge in [-0.15, -0.1) is 0 Å². The smallest absolute Gasteiger partial charge is 0.309 e. The zero-order chi connectivity index (χ0) is 16.2. The maximum Gasteiger partial charge on any atom is 0.309 e. The highest BCUT2D eigenvalue weighted by Crippen LogP contribution is 2.31. The monoisotopic (exact) mass is 317 g/mol. The normalized spacial score (nSPS) is 20.2. The highest BCUT2D eigenvalue weighted by atomic mass is 16.5. The van der Waals surface area contributed by atoms with Crippen LogP contribution in [-0.2, 0) is 9.59 Å². The number of anilines is 1. The Balaban J connectivity index is 1.48. The van der Waals surface area contributed by atoms with Crippen LogP contribution < -0.4 is 20.3 Å². The van der Waals surface area contributed by atoms with Crippen LogP contribution in [0.25, 0.3) is 0 Å². The first kappa shape index (κ1) is 15.6. The number of benzene rings is 1. The standard InChI is InChI=1S/C17H23N3O3/c1-23-15-5-3-2-4-14(15)20-9-8-12(11-20)10-18-16(21)17(22)19-13-6-7-13/h2-5,12-13H,6-11H2,1H3,(H,18,21)(H,19,22). The Hall–Kier alpha value is -2.24. The molecule has 1 aromatic carbocycles. The van der Waals surface area contributed by atoms with E-state index >= 15 is 0 Å². The summed E-state index contributed by atoms with van der Waals surface area (Å²) in [5.74, 6) is 0.179. The number of amides is 2. The van der Waals surface area contributed by atoms with Crippen LogP contribution in [0.1, 0.15) is 19.3 Å². The zero-order valence-corrected chi connectivity index (χ0v) is 13.4. The van der Waals surface area contributed by atoms with E-state index in [2.05, 4.69) is 15.5 Å². The molecule has 6 nitrogen and oxygen atoms in total. The third-order valence-electron chi connectivity index (χ3n) is 4.38. The molecule has 2 N–H and O–H groups in total. The Kier molecular flexibility index (Phi) is 4.69. The number of hydrogen-bond acceptors (Lipinski definition) is 4. The largest absolute Gasteiger partial charge is 0.495 e. The highest BCUT2D eigenvalue weighted by Gasteiger charge is 2.28. The summed E-state index contributed by atoms with van der Waals surface area (Å²) in [5, 5.41) is 5.45. The summed E-state index contributed by atoms with van der Waals surface area (Å²) in [6.07, 6.45) is 2.95. The molecule has 1 aliphatic carbocycles. The van der Waals surface area contributed by atoms with Gasteiger partial charge in [-0.1, -0.05) is 12.1 Å². The number of nitrogens with one attached hydrogen (secondary N) is 2. The van der Waals surface area contributed by atoms with E-state index < -0.39 is 11.8 Å². The fraction of sp³-hybridized carbons (Fsp3) is 0.529. The molecule has 0 bridgehead atoms. The van der Waals surface area contributed by atoms with Crippen LogP contribution >= 0.6 is 0 Å². The lowest BCUT2D eigenvalue weighted by Crippen LogP contribution is -2.42. The van der Waals surface area contributed by atoms with Crippen LogP contribution in [0, 0.1) is 5.92 Å². The van der Waals surface area contributed by atoms with Gasteiger partial charge in [0.1, 0.15) is 5.75 Å². The SMILES string of the molecule is COc1ccccc1N1CCC(CNC(=O)C(=O)NC2CC2)C1.